The van der Waals surface area contributed by atoms with E-state index in [0.717, 1.165) is 31.3 Å². The maximum Gasteiger partial charge on any atom is 0.338 e. The molecule has 9 heteroatoms. The first-order valence-electron chi connectivity index (χ1n) is 9.47. The molecule has 1 aliphatic rings. The number of amides is 1. The van der Waals surface area contributed by atoms with E-state index in [4.69, 9.17) is 9.47 Å². The van der Waals surface area contributed by atoms with Crippen molar-refractivity contribution in [1.29, 1.82) is 0 Å². The Kier molecular flexibility index (Phi) is 5.11. The Balaban J connectivity index is 1.63. The van der Waals surface area contributed by atoms with Crippen molar-refractivity contribution in [2.24, 2.45) is 0 Å². The SMILES string of the molecule is CCn1cc2c(Oc3cnc(C(=O)N4CCCC4)cn3)cc(C(=O)OC)cc2n1. The Labute approximate surface area is 167 Å². The highest BCUT2D eigenvalue weighted by molar-refractivity contribution is 5.97. The molecular weight excluding hydrogens is 374 g/mol. The van der Waals surface area contributed by atoms with E-state index in [-0.39, 0.29) is 17.5 Å². The van der Waals surface area contributed by atoms with Crippen LogP contribution < -0.4 is 4.74 Å². The van der Waals surface area contributed by atoms with Gasteiger partial charge in [-0.1, -0.05) is 0 Å². The van der Waals surface area contributed by atoms with E-state index >= 15 is 0 Å². The number of esters is 1. The summed E-state index contributed by atoms with van der Waals surface area (Å²) in [6.07, 6.45) is 6.68. The zero-order valence-corrected chi connectivity index (χ0v) is 16.3. The summed E-state index contributed by atoms with van der Waals surface area (Å²) in [6.45, 7) is 4.14. The van der Waals surface area contributed by atoms with Crippen LogP contribution in [0, 0.1) is 0 Å². The van der Waals surface area contributed by atoms with Gasteiger partial charge in [0.1, 0.15) is 11.4 Å². The zero-order chi connectivity index (χ0) is 20.4. The molecule has 4 rings (SSSR count). The molecule has 1 saturated heterocycles. The first-order valence-corrected chi connectivity index (χ1v) is 9.47. The number of aryl methyl sites for hydroxylation is 1. The van der Waals surface area contributed by atoms with Crippen molar-refractivity contribution in [3.63, 3.8) is 0 Å². The predicted octanol–water partition coefficient (Wildman–Crippen LogP) is 2.66. The normalized spacial score (nSPS) is 13.7. The number of nitrogens with zero attached hydrogens (tertiary/aromatic N) is 5. The summed E-state index contributed by atoms with van der Waals surface area (Å²) in [5, 5.41) is 5.17. The first kappa shape index (κ1) is 18.9. The molecule has 1 aliphatic heterocycles. The molecule has 3 heterocycles. The minimum absolute atomic E-state index is 0.124. The largest absolute Gasteiger partial charge is 0.465 e. The molecule has 1 aromatic carbocycles. The predicted molar refractivity (Wildman–Crippen MR) is 104 cm³/mol. The van der Waals surface area contributed by atoms with Crippen molar-refractivity contribution in [2.45, 2.75) is 26.3 Å². The van der Waals surface area contributed by atoms with Crippen LogP contribution in [0.5, 0.6) is 11.6 Å². The number of aromatic nitrogens is 4. The van der Waals surface area contributed by atoms with Gasteiger partial charge in [0.25, 0.3) is 5.91 Å². The van der Waals surface area contributed by atoms with Gasteiger partial charge in [-0.25, -0.2) is 14.8 Å². The Morgan fingerprint density at radius 3 is 2.59 bits per heavy atom. The van der Waals surface area contributed by atoms with Gasteiger partial charge in [-0.15, -0.1) is 0 Å². The lowest BCUT2D eigenvalue weighted by atomic mass is 10.1. The highest BCUT2D eigenvalue weighted by atomic mass is 16.5. The lowest BCUT2D eigenvalue weighted by Crippen LogP contribution is -2.28. The Bertz CT molecular complexity index is 1050. The van der Waals surface area contributed by atoms with Crippen LogP contribution in [0.15, 0.2) is 30.7 Å². The number of fused-ring (bicyclic) bond motifs is 1. The summed E-state index contributed by atoms with van der Waals surface area (Å²) >= 11 is 0. The van der Waals surface area contributed by atoms with Crippen LogP contribution in [0.4, 0.5) is 0 Å². The molecule has 3 aromatic rings. The molecule has 0 radical (unpaired) electrons. The standard InChI is InChI=1S/C20H21N5O4/c1-3-25-12-14-15(23-25)8-13(20(27)28-2)9-17(14)29-18-11-21-16(10-22-18)19(26)24-6-4-5-7-24/h8-12H,3-7H2,1-2H3. The van der Waals surface area contributed by atoms with E-state index in [9.17, 15) is 9.59 Å². The smallest absolute Gasteiger partial charge is 0.338 e. The molecule has 1 fully saturated rings. The third kappa shape index (κ3) is 3.75. The van der Waals surface area contributed by atoms with E-state index in [1.165, 1.54) is 19.5 Å². The van der Waals surface area contributed by atoms with E-state index in [1.807, 2.05) is 13.1 Å². The molecule has 0 bridgehead atoms. The number of benzene rings is 1. The third-order valence-corrected chi connectivity index (χ3v) is 4.83. The summed E-state index contributed by atoms with van der Waals surface area (Å²) in [5.41, 5.74) is 1.22. The van der Waals surface area contributed by atoms with Crippen LogP contribution in [-0.4, -0.2) is 56.7 Å². The second-order valence-electron chi connectivity index (χ2n) is 6.72. The first-order chi connectivity index (χ1) is 14.1. The van der Waals surface area contributed by atoms with Crippen LogP contribution in [0.3, 0.4) is 0 Å². The van der Waals surface area contributed by atoms with Crippen LogP contribution in [0.25, 0.3) is 10.9 Å². The summed E-state index contributed by atoms with van der Waals surface area (Å²) in [7, 11) is 1.32. The van der Waals surface area contributed by atoms with E-state index in [1.54, 1.807) is 21.7 Å². The number of carbonyl (C=O) groups excluding carboxylic acids is 2. The maximum atomic E-state index is 12.4. The maximum absolute atomic E-state index is 12.4. The third-order valence-electron chi connectivity index (χ3n) is 4.83. The molecule has 0 saturated carbocycles. The van der Waals surface area contributed by atoms with Crippen molar-refractivity contribution in [2.75, 3.05) is 20.2 Å². The van der Waals surface area contributed by atoms with Crippen molar-refractivity contribution in [3.05, 3.63) is 42.0 Å². The summed E-state index contributed by atoms with van der Waals surface area (Å²) < 4.78 is 12.5. The number of likely N-dealkylation sites (tertiary alicyclic amines) is 1. The van der Waals surface area contributed by atoms with Gasteiger partial charge < -0.3 is 14.4 Å². The number of methoxy groups -OCH3 is 1. The van der Waals surface area contributed by atoms with Crippen LogP contribution in [0.2, 0.25) is 0 Å². The van der Waals surface area contributed by atoms with E-state index in [0.29, 0.717) is 23.4 Å². The lowest BCUT2D eigenvalue weighted by molar-refractivity contribution is 0.0600. The lowest BCUT2D eigenvalue weighted by Gasteiger charge is -2.14. The van der Waals surface area contributed by atoms with Gasteiger partial charge in [0, 0.05) is 25.8 Å². The Hall–Kier alpha value is -3.49. The molecule has 2 aromatic heterocycles. The molecule has 0 unspecified atom stereocenters. The summed E-state index contributed by atoms with van der Waals surface area (Å²) in [6, 6.07) is 3.24. The van der Waals surface area contributed by atoms with E-state index in [2.05, 4.69) is 15.1 Å². The highest BCUT2D eigenvalue weighted by Gasteiger charge is 2.21. The number of hydrogen-bond donors (Lipinski definition) is 0. The number of rotatable bonds is 5. The molecular formula is C20H21N5O4. The van der Waals surface area contributed by atoms with Gasteiger partial charge in [0.2, 0.25) is 5.88 Å². The average Bonchev–Trinajstić information content (AvgIpc) is 3.43. The zero-order valence-electron chi connectivity index (χ0n) is 16.3. The van der Waals surface area contributed by atoms with Crippen molar-refractivity contribution < 1.29 is 19.1 Å². The van der Waals surface area contributed by atoms with Gasteiger partial charge in [-0.05, 0) is 31.9 Å². The topological polar surface area (TPSA) is 99.4 Å². The van der Waals surface area contributed by atoms with Crippen molar-refractivity contribution in [3.8, 4) is 11.6 Å². The monoisotopic (exact) mass is 395 g/mol. The van der Waals surface area contributed by atoms with Crippen LogP contribution in [-0.2, 0) is 11.3 Å². The minimum Gasteiger partial charge on any atom is -0.465 e. The van der Waals surface area contributed by atoms with Gasteiger partial charge in [0.05, 0.1) is 36.0 Å². The molecule has 0 aliphatic carbocycles. The van der Waals surface area contributed by atoms with Gasteiger partial charge >= 0.3 is 5.97 Å². The van der Waals surface area contributed by atoms with Crippen molar-refractivity contribution in [1.82, 2.24) is 24.6 Å². The quantitative estimate of drug-likeness (QED) is 0.612. The Morgan fingerprint density at radius 1 is 1.14 bits per heavy atom. The van der Waals surface area contributed by atoms with Gasteiger partial charge in [0.15, 0.2) is 0 Å². The molecule has 0 spiro atoms. The number of ether oxygens (including phenoxy) is 2. The van der Waals surface area contributed by atoms with Crippen molar-refractivity contribution >= 4 is 22.8 Å². The second kappa shape index (κ2) is 7.86. The highest BCUT2D eigenvalue weighted by Crippen LogP contribution is 2.30. The minimum atomic E-state index is -0.486. The van der Waals surface area contributed by atoms with Gasteiger partial charge in [-0.2, -0.15) is 5.10 Å². The number of hydrogen-bond acceptors (Lipinski definition) is 7. The fourth-order valence-corrected chi connectivity index (χ4v) is 3.30. The Morgan fingerprint density at radius 2 is 1.93 bits per heavy atom. The summed E-state index contributed by atoms with van der Waals surface area (Å²) in [4.78, 5) is 34.6. The molecule has 29 heavy (non-hydrogen) atoms. The van der Waals surface area contributed by atoms with Crippen LogP contribution >= 0.6 is 0 Å². The summed E-state index contributed by atoms with van der Waals surface area (Å²) in [5.74, 6) is 0.0207. The average molecular weight is 395 g/mol. The molecule has 1 amide bonds. The fraction of sp³-hybridized carbons (Fsp3) is 0.350. The molecule has 0 N–H and O–H groups in total. The second-order valence-corrected chi connectivity index (χ2v) is 6.72. The number of carbonyl (C=O) groups is 2. The van der Waals surface area contributed by atoms with E-state index < -0.39 is 5.97 Å². The molecule has 0 atom stereocenters. The van der Waals surface area contributed by atoms with Gasteiger partial charge in [-0.3, -0.25) is 9.48 Å². The van der Waals surface area contributed by atoms with Crippen LogP contribution in [0.1, 0.15) is 40.6 Å². The molecule has 9 nitrogen and oxygen atoms in total. The molecule has 150 valence electrons. The fourth-order valence-electron chi connectivity index (χ4n) is 3.30.